The van der Waals surface area contributed by atoms with Gasteiger partial charge in [-0.1, -0.05) is 53.1 Å². The molecule has 2 heteroatoms. The van der Waals surface area contributed by atoms with Crippen molar-refractivity contribution in [3.8, 4) is 0 Å². The van der Waals surface area contributed by atoms with Crippen LogP contribution >= 0.6 is 0 Å². The van der Waals surface area contributed by atoms with Crippen molar-refractivity contribution in [1.29, 1.82) is 0 Å². The lowest BCUT2D eigenvalue weighted by atomic mass is 9.96. The average molecular weight is 282 g/mol. The molecule has 0 heterocycles. The van der Waals surface area contributed by atoms with Crippen LogP contribution in [0.5, 0.6) is 0 Å². The summed E-state index contributed by atoms with van der Waals surface area (Å²) < 4.78 is 0. The van der Waals surface area contributed by atoms with E-state index in [0.717, 1.165) is 12.8 Å². The Morgan fingerprint density at radius 3 is 2.29 bits per heavy atom. The summed E-state index contributed by atoms with van der Waals surface area (Å²) in [5.41, 5.74) is 5.46. The summed E-state index contributed by atoms with van der Waals surface area (Å²) in [6, 6.07) is 10.6. The Morgan fingerprint density at radius 2 is 1.76 bits per heavy atom. The molecule has 1 unspecified atom stereocenters. The molecule has 0 aromatic heterocycles. The number of azo groups is 1. The third-order valence-electron chi connectivity index (χ3n) is 3.63. The Bertz CT molecular complexity index is 571. The maximum Gasteiger partial charge on any atom is 0.0995 e. The zero-order valence-corrected chi connectivity index (χ0v) is 13.9. The van der Waals surface area contributed by atoms with E-state index >= 15 is 0 Å². The molecular formula is C19H26N2. The lowest BCUT2D eigenvalue weighted by Gasteiger charge is -2.17. The van der Waals surface area contributed by atoms with E-state index in [-0.39, 0.29) is 11.6 Å². The lowest BCUT2D eigenvalue weighted by Crippen LogP contribution is -2.09. The summed E-state index contributed by atoms with van der Waals surface area (Å²) >= 11 is 0. The molecule has 0 saturated carbocycles. The fourth-order valence-electron chi connectivity index (χ4n) is 2.61. The second kappa shape index (κ2) is 6.38. The molecule has 0 radical (unpaired) electrons. The van der Waals surface area contributed by atoms with Crippen LogP contribution in [0.1, 0.15) is 59.1 Å². The van der Waals surface area contributed by atoms with Gasteiger partial charge < -0.3 is 0 Å². The van der Waals surface area contributed by atoms with Crippen LogP contribution in [0.4, 0.5) is 0 Å². The highest BCUT2D eigenvalue weighted by molar-refractivity contribution is 5.38. The van der Waals surface area contributed by atoms with E-state index in [1.54, 1.807) is 0 Å². The van der Waals surface area contributed by atoms with Crippen molar-refractivity contribution >= 4 is 0 Å². The fourth-order valence-corrected chi connectivity index (χ4v) is 2.61. The Balaban J connectivity index is 2.22. The second-order valence-corrected chi connectivity index (χ2v) is 6.97. The van der Waals surface area contributed by atoms with Crippen LogP contribution in [0, 0.1) is 0 Å². The molecule has 0 amide bonds. The van der Waals surface area contributed by atoms with Crippen LogP contribution in [0.15, 0.2) is 63.4 Å². The Labute approximate surface area is 128 Å². The van der Waals surface area contributed by atoms with Crippen LogP contribution in [0.25, 0.3) is 0 Å². The maximum atomic E-state index is 4.66. The molecule has 1 atom stereocenters. The van der Waals surface area contributed by atoms with Crippen LogP contribution in [-0.4, -0.2) is 5.54 Å². The number of benzene rings is 1. The Kier molecular flexibility index (Phi) is 4.76. The predicted molar refractivity (Wildman–Crippen MR) is 89.5 cm³/mol. The fraction of sp³-hybridized carbons (Fsp3) is 0.474. The maximum absolute atomic E-state index is 4.66. The number of allylic oxidation sites excluding steroid dienone is 3. The first kappa shape index (κ1) is 15.7. The van der Waals surface area contributed by atoms with Gasteiger partial charge in [0.25, 0.3) is 0 Å². The summed E-state index contributed by atoms with van der Waals surface area (Å²) in [4.78, 5) is 0. The van der Waals surface area contributed by atoms with E-state index in [0.29, 0.717) is 0 Å². The molecule has 21 heavy (non-hydrogen) atoms. The summed E-state index contributed by atoms with van der Waals surface area (Å²) in [6.45, 7) is 10.7. The number of rotatable bonds is 4. The van der Waals surface area contributed by atoms with Crippen molar-refractivity contribution < 1.29 is 0 Å². The topological polar surface area (TPSA) is 24.7 Å². The van der Waals surface area contributed by atoms with Gasteiger partial charge in [0.2, 0.25) is 0 Å². The highest BCUT2D eigenvalue weighted by Crippen LogP contribution is 2.34. The SMILES string of the molecule is CC1=CC(C)=C(CC(N=NC(C)(C)C)c2ccccc2)C1. The quantitative estimate of drug-likeness (QED) is 0.602. The van der Waals surface area contributed by atoms with Gasteiger partial charge in [-0.2, -0.15) is 10.2 Å². The van der Waals surface area contributed by atoms with Gasteiger partial charge in [0, 0.05) is 0 Å². The molecule has 1 aromatic carbocycles. The molecule has 0 aliphatic heterocycles. The first-order valence-corrected chi connectivity index (χ1v) is 7.68. The zero-order chi connectivity index (χ0) is 15.5. The molecule has 2 nitrogen and oxygen atoms in total. The van der Waals surface area contributed by atoms with Crippen molar-refractivity contribution in [2.75, 3.05) is 0 Å². The number of hydrogen-bond donors (Lipinski definition) is 0. The molecule has 0 bridgehead atoms. The molecule has 1 aliphatic carbocycles. The van der Waals surface area contributed by atoms with Crippen LogP contribution < -0.4 is 0 Å². The van der Waals surface area contributed by atoms with Crippen molar-refractivity contribution in [2.24, 2.45) is 10.2 Å². The number of hydrogen-bond acceptors (Lipinski definition) is 2. The monoisotopic (exact) mass is 282 g/mol. The largest absolute Gasteiger partial charge is 0.188 e. The van der Waals surface area contributed by atoms with Gasteiger partial charge in [0.1, 0.15) is 0 Å². The van der Waals surface area contributed by atoms with E-state index in [2.05, 4.69) is 75.2 Å². The van der Waals surface area contributed by atoms with Gasteiger partial charge in [-0.05, 0) is 53.0 Å². The van der Waals surface area contributed by atoms with Crippen molar-refractivity contribution in [1.82, 2.24) is 0 Å². The lowest BCUT2D eigenvalue weighted by molar-refractivity contribution is 0.509. The van der Waals surface area contributed by atoms with Crippen molar-refractivity contribution in [2.45, 2.75) is 59.0 Å². The van der Waals surface area contributed by atoms with E-state index in [9.17, 15) is 0 Å². The summed E-state index contributed by atoms with van der Waals surface area (Å²) in [6.07, 6.45) is 4.34. The molecule has 0 spiro atoms. The van der Waals surface area contributed by atoms with E-state index in [1.165, 1.54) is 22.3 Å². The van der Waals surface area contributed by atoms with Gasteiger partial charge in [-0.3, -0.25) is 0 Å². The minimum Gasteiger partial charge on any atom is -0.188 e. The predicted octanol–water partition coefficient (Wildman–Crippen LogP) is 6.04. The highest BCUT2D eigenvalue weighted by atomic mass is 15.2. The standard InChI is InChI=1S/C19H26N2/c1-14-11-15(2)17(12-14)13-18(20-21-19(3,4)5)16-9-7-6-8-10-16/h6-11,18H,12-13H2,1-5H3. The minimum absolute atomic E-state index is 0.120. The van der Waals surface area contributed by atoms with E-state index in [1.807, 2.05) is 6.07 Å². The van der Waals surface area contributed by atoms with Gasteiger partial charge in [-0.25, -0.2) is 0 Å². The van der Waals surface area contributed by atoms with E-state index in [4.69, 9.17) is 0 Å². The first-order chi connectivity index (χ1) is 9.85. The summed E-state index contributed by atoms with van der Waals surface area (Å²) in [5.74, 6) is 0. The van der Waals surface area contributed by atoms with E-state index < -0.39 is 0 Å². The molecule has 0 saturated heterocycles. The third-order valence-corrected chi connectivity index (χ3v) is 3.63. The van der Waals surface area contributed by atoms with Crippen LogP contribution in [0.2, 0.25) is 0 Å². The van der Waals surface area contributed by atoms with Gasteiger partial charge in [0.05, 0.1) is 11.6 Å². The first-order valence-electron chi connectivity index (χ1n) is 7.68. The smallest absolute Gasteiger partial charge is 0.0995 e. The third kappa shape index (κ3) is 4.66. The van der Waals surface area contributed by atoms with Gasteiger partial charge in [-0.15, -0.1) is 0 Å². The van der Waals surface area contributed by atoms with Crippen LogP contribution in [-0.2, 0) is 0 Å². The molecule has 112 valence electrons. The molecule has 2 rings (SSSR count). The molecule has 0 fully saturated rings. The Hall–Kier alpha value is -1.70. The van der Waals surface area contributed by atoms with Crippen molar-refractivity contribution in [3.05, 3.63) is 58.7 Å². The summed E-state index contributed by atoms with van der Waals surface area (Å²) in [5, 5.41) is 9.16. The van der Waals surface area contributed by atoms with Gasteiger partial charge >= 0.3 is 0 Å². The van der Waals surface area contributed by atoms with Crippen molar-refractivity contribution in [3.63, 3.8) is 0 Å². The number of nitrogens with zero attached hydrogens (tertiary/aromatic N) is 2. The molecule has 1 aromatic rings. The molecule has 1 aliphatic rings. The second-order valence-electron chi connectivity index (χ2n) is 6.97. The molecular weight excluding hydrogens is 256 g/mol. The van der Waals surface area contributed by atoms with Gasteiger partial charge in [0.15, 0.2) is 0 Å². The summed E-state index contributed by atoms with van der Waals surface area (Å²) in [7, 11) is 0. The highest BCUT2D eigenvalue weighted by Gasteiger charge is 2.18. The Morgan fingerprint density at radius 1 is 1.10 bits per heavy atom. The van der Waals surface area contributed by atoms with Crippen LogP contribution in [0.3, 0.4) is 0 Å². The normalized spacial score (nSPS) is 17.5. The minimum atomic E-state index is -0.125. The molecule has 0 N–H and O–H groups in total. The average Bonchev–Trinajstić information content (AvgIpc) is 2.72. The zero-order valence-electron chi connectivity index (χ0n) is 13.9.